The summed E-state index contributed by atoms with van der Waals surface area (Å²) in [6.45, 7) is 12.4. The van der Waals surface area contributed by atoms with Gasteiger partial charge in [0.15, 0.2) is 0 Å². The van der Waals surface area contributed by atoms with Gasteiger partial charge in [0.2, 0.25) is 0 Å². The predicted octanol–water partition coefficient (Wildman–Crippen LogP) is 4.88. The molecule has 1 aromatic carbocycles. The van der Waals surface area contributed by atoms with Crippen molar-refractivity contribution in [2.24, 2.45) is 34.0 Å². The Morgan fingerprint density at radius 2 is 2.00 bits per heavy atom. The third-order valence-electron chi connectivity index (χ3n) is 9.56. The van der Waals surface area contributed by atoms with Gasteiger partial charge in [0.05, 0.1) is 11.9 Å². The molecule has 0 amide bonds. The molecule has 4 rings (SSSR count). The van der Waals surface area contributed by atoms with Gasteiger partial charge in [0.1, 0.15) is 11.9 Å². The number of carbonyl (C=O) groups is 2. The van der Waals surface area contributed by atoms with E-state index in [1.807, 2.05) is 31.2 Å². The Balaban J connectivity index is 1.72. The van der Waals surface area contributed by atoms with Crippen LogP contribution in [0.4, 0.5) is 5.69 Å². The Morgan fingerprint density at radius 3 is 2.67 bits per heavy atom. The number of aliphatic hydroxyl groups is 1. The predicted molar refractivity (Wildman–Crippen MR) is 132 cm³/mol. The van der Waals surface area contributed by atoms with E-state index in [0.29, 0.717) is 12.1 Å². The summed E-state index contributed by atoms with van der Waals surface area (Å²) < 4.78 is 6.29. The quantitative estimate of drug-likeness (QED) is 0.275. The standard InChI is InChI=1S/C27H37NO4S/c1-6-25(4)23(31)17(3)27-13-11-16(2)26(5,22(27)19(29)12-14-27)24(25)32-21(30)15-33-20-10-8-7-9-18(20)28/h6-10,16-17,22-24,31H,1,11-15,28H2,2-5H3/t16-,17+,22+,23+,24-,25+,26-,27+/m1/s1. The maximum Gasteiger partial charge on any atom is 0.316 e. The molecule has 0 heterocycles. The van der Waals surface area contributed by atoms with E-state index in [-0.39, 0.29) is 40.7 Å². The number of thioether (sulfide) groups is 1. The average molecular weight is 472 g/mol. The van der Waals surface area contributed by atoms with Crippen LogP contribution in [-0.4, -0.2) is 34.8 Å². The molecule has 33 heavy (non-hydrogen) atoms. The molecule has 3 saturated carbocycles. The highest BCUT2D eigenvalue weighted by molar-refractivity contribution is 8.00. The van der Waals surface area contributed by atoms with Crippen LogP contribution in [0.1, 0.15) is 53.4 Å². The van der Waals surface area contributed by atoms with Crippen LogP contribution in [0.15, 0.2) is 41.8 Å². The third-order valence-corrected chi connectivity index (χ3v) is 10.6. The van der Waals surface area contributed by atoms with Gasteiger partial charge in [0.25, 0.3) is 0 Å². The lowest BCUT2D eigenvalue weighted by molar-refractivity contribution is -0.185. The maximum absolute atomic E-state index is 13.4. The van der Waals surface area contributed by atoms with Crippen LogP contribution in [0.3, 0.4) is 0 Å². The largest absolute Gasteiger partial charge is 0.460 e. The lowest BCUT2D eigenvalue weighted by Gasteiger charge is -2.56. The third kappa shape index (κ3) is 3.47. The van der Waals surface area contributed by atoms with E-state index < -0.39 is 23.0 Å². The van der Waals surface area contributed by atoms with E-state index in [9.17, 15) is 14.7 Å². The van der Waals surface area contributed by atoms with Gasteiger partial charge in [-0.25, -0.2) is 0 Å². The van der Waals surface area contributed by atoms with Gasteiger partial charge in [-0.3, -0.25) is 9.59 Å². The Hall–Kier alpha value is -1.79. The second kappa shape index (κ2) is 8.46. The molecule has 0 aromatic heterocycles. The zero-order valence-corrected chi connectivity index (χ0v) is 21.0. The minimum atomic E-state index is -0.865. The smallest absolute Gasteiger partial charge is 0.316 e. The van der Waals surface area contributed by atoms with Gasteiger partial charge >= 0.3 is 5.97 Å². The minimum absolute atomic E-state index is 0.0917. The number of Topliss-reactive ketones (excluding diaryl/α,β-unsaturated/α-hetero) is 1. The first-order chi connectivity index (χ1) is 15.5. The molecule has 2 bridgehead atoms. The summed E-state index contributed by atoms with van der Waals surface area (Å²) >= 11 is 1.34. The van der Waals surface area contributed by atoms with Gasteiger partial charge in [-0.1, -0.05) is 45.9 Å². The van der Waals surface area contributed by atoms with Crippen LogP contribution in [0.25, 0.3) is 0 Å². The van der Waals surface area contributed by atoms with Crippen molar-refractivity contribution in [2.45, 2.75) is 70.5 Å². The first-order valence-electron chi connectivity index (χ1n) is 12.0. The molecule has 0 radical (unpaired) electrons. The monoisotopic (exact) mass is 471 g/mol. The van der Waals surface area contributed by atoms with Crippen molar-refractivity contribution < 1.29 is 19.4 Å². The highest BCUT2D eigenvalue weighted by atomic mass is 32.2. The number of para-hydroxylation sites is 1. The Kier molecular flexibility index (Phi) is 6.24. The van der Waals surface area contributed by atoms with Gasteiger partial charge in [-0.2, -0.15) is 0 Å². The topological polar surface area (TPSA) is 89.6 Å². The molecule has 180 valence electrons. The zero-order valence-electron chi connectivity index (χ0n) is 20.2. The fourth-order valence-corrected chi connectivity index (χ4v) is 8.23. The fourth-order valence-electron chi connectivity index (χ4n) is 7.48. The van der Waals surface area contributed by atoms with Crippen molar-refractivity contribution in [2.75, 3.05) is 11.5 Å². The molecule has 0 spiro atoms. The molecular formula is C27H37NO4S. The van der Waals surface area contributed by atoms with Crippen LogP contribution in [0, 0.1) is 34.0 Å². The van der Waals surface area contributed by atoms with Crippen molar-refractivity contribution in [3.05, 3.63) is 36.9 Å². The summed E-state index contributed by atoms with van der Waals surface area (Å²) in [7, 11) is 0. The van der Waals surface area contributed by atoms with E-state index in [1.165, 1.54) is 11.8 Å². The molecule has 3 aliphatic carbocycles. The van der Waals surface area contributed by atoms with Gasteiger partial charge in [-0.15, -0.1) is 18.3 Å². The molecule has 3 fully saturated rings. The molecule has 3 aliphatic rings. The number of nitrogens with two attached hydrogens (primary N) is 1. The molecule has 1 aromatic rings. The van der Waals surface area contributed by atoms with E-state index in [0.717, 1.165) is 24.2 Å². The zero-order chi connectivity index (χ0) is 24.2. The molecule has 0 unspecified atom stereocenters. The highest BCUT2D eigenvalue weighted by Gasteiger charge is 2.71. The van der Waals surface area contributed by atoms with Crippen molar-refractivity contribution in [1.82, 2.24) is 0 Å². The number of benzene rings is 1. The SMILES string of the molecule is C=C[C@]1(C)[C@@H](OC(=O)CSc2ccccc2N)[C@]2(C)[C@H](C)CC[C@]3(CCC(=O)[C@H]32)[C@@H](C)[C@@H]1O. The summed E-state index contributed by atoms with van der Waals surface area (Å²) in [6.07, 6.45) is 3.57. The van der Waals surface area contributed by atoms with Gasteiger partial charge in [0, 0.05) is 33.8 Å². The Morgan fingerprint density at radius 1 is 1.30 bits per heavy atom. The number of nitrogen functional groups attached to an aromatic ring is 1. The highest BCUT2D eigenvalue weighted by Crippen LogP contribution is 2.70. The number of hydrogen-bond acceptors (Lipinski definition) is 6. The second-order valence-electron chi connectivity index (χ2n) is 10.9. The maximum atomic E-state index is 13.4. The molecule has 8 atom stereocenters. The second-order valence-corrected chi connectivity index (χ2v) is 12.0. The van der Waals surface area contributed by atoms with Crippen molar-refractivity contribution in [3.63, 3.8) is 0 Å². The van der Waals surface area contributed by atoms with Crippen LogP contribution in [0.2, 0.25) is 0 Å². The molecule has 0 saturated heterocycles. The van der Waals surface area contributed by atoms with Crippen LogP contribution >= 0.6 is 11.8 Å². The Labute approximate surface area is 201 Å². The number of hydrogen-bond donors (Lipinski definition) is 2. The normalized spacial score (nSPS) is 42.3. The number of ether oxygens (including phenoxy) is 1. The number of ketones is 1. The minimum Gasteiger partial charge on any atom is -0.460 e. The van der Waals surface area contributed by atoms with Crippen molar-refractivity contribution >= 4 is 29.2 Å². The lowest BCUT2D eigenvalue weighted by atomic mass is 9.49. The number of aliphatic hydroxyl groups excluding tert-OH is 1. The number of rotatable bonds is 5. The summed E-state index contributed by atoms with van der Waals surface area (Å²) in [6, 6.07) is 7.44. The van der Waals surface area contributed by atoms with E-state index in [4.69, 9.17) is 10.5 Å². The van der Waals surface area contributed by atoms with Crippen LogP contribution in [0.5, 0.6) is 0 Å². The summed E-state index contributed by atoms with van der Waals surface area (Å²) in [5, 5.41) is 11.7. The Bertz CT molecular complexity index is 965. The summed E-state index contributed by atoms with van der Waals surface area (Å²) in [5.41, 5.74) is 4.96. The number of esters is 1. The fraction of sp³-hybridized carbons (Fsp3) is 0.630. The number of anilines is 1. The van der Waals surface area contributed by atoms with Gasteiger partial charge in [-0.05, 0) is 48.6 Å². The molecular weight excluding hydrogens is 434 g/mol. The van der Waals surface area contributed by atoms with Gasteiger partial charge < -0.3 is 15.6 Å². The van der Waals surface area contributed by atoms with E-state index >= 15 is 0 Å². The lowest BCUT2D eigenvalue weighted by Crippen LogP contribution is -2.58. The first kappa shape index (κ1) is 24.3. The van der Waals surface area contributed by atoms with Crippen molar-refractivity contribution in [3.8, 4) is 0 Å². The van der Waals surface area contributed by atoms with E-state index in [1.54, 1.807) is 6.08 Å². The van der Waals surface area contributed by atoms with Crippen LogP contribution < -0.4 is 5.73 Å². The van der Waals surface area contributed by atoms with Crippen LogP contribution in [-0.2, 0) is 14.3 Å². The summed E-state index contributed by atoms with van der Waals surface area (Å²) in [5.74, 6) is -0.147. The molecule has 6 heteroatoms. The summed E-state index contributed by atoms with van der Waals surface area (Å²) in [4.78, 5) is 27.4. The average Bonchev–Trinajstić information content (AvgIpc) is 3.15. The molecule has 3 N–H and O–H groups in total. The van der Waals surface area contributed by atoms with Crippen molar-refractivity contribution in [1.29, 1.82) is 0 Å². The molecule has 5 nitrogen and oxygen atoms in total. The first-order valence-corrected chi connectivity index (χ1v) is 13.0. The number of carbonyl (C=O) groups excluding carboxylic acids is 2. The molecule has 0 aliphatic heterocycles. The van der Waals surface area contributed by atoms with E-state index in [2.05, 4.69) is 27.4 Å².